The number of benzene rings is 1. The molecule has 2 rings (SSSR count). The third-order valence-electron chi connectivity index (χ3n) is 2.31. The molecule has 0 radical (unpaired) electrons. The molecular weight excluding hydrogens is 226 g/mol. The van der Waals surface area contributed by atoms with Gasteiger partial charge in [-0.2, -0.15) is 0 Å². The van der Waals surface area contributed by atoms with E-state index in [9.17, 15) is 0 Å². The third-order valence-corrected chi connectivity index (χ3v) is 3.00. The van der Waals surface area contributed by atoms with E-state index in [0.29, 0.717) is 0 Å². The Kier molecular flexibility index (Phi) is 2.51. The molecule has 1 N–H and O–H groups in total. The van der Waals surface area contributed by atoms with Crippen molar-refractivity contribution < 1.29 is 0 Å². The minimum absolute atomic E-state index is 0.987. The van der Waals surface area contributed by atoms with Gasteiger partial charge in [0.2, 0.25) is 0 Å². The van der Waals surface area contributed by atoms with Gasteiger partial charge < -0.3 is 5.32 Å². The van der Waals surface area contributed by atoms with Crippen molar-refractivity contribution >= 4 is 22.0 Å². The van der Waals surface area contributed by atoms with Gasteiger partial charge in [-0.1, -0.05) is 39.7 Å². The van der Waals surface area contributed by atoms with Crippen LogP contribution in [0, 0.1) is 0 Å². The van der Waals surface area contributed by atoms with E-state index in [1.54, 1.807) is 0 Å². The summed E-state index contributed by atoms with van der Waals surface area (Å²) in [6, 6.07) is 6.38. The molecule has 1 aliphatic rings. The highest BCUT2D eigenvalue weighted by Crippen LogP contribution is 2.30. The minimum atomic E-state index is 0.987. The van der Waals surface area contributed by atoms with Gasteiger partial charge in [0.05, 0.1) is 0 Å². The Bertz CT molecular complexity index is 355. The summed E-state index contributed by atoms with van der Waals surface area (Å²) in [5, 5.41) is 3.18. The lowest BCUT2D eigenvalue weighted by Gasteiger charge is -2.00. The van der Waals surface area contributed by atoms with Crippen LogP contribution in [0.2, 0.25) is 0 Å². The number of fused-ring (bicyclic) bond motifs is 1. The zero-order valence-electron chi connectivity index (χ0n) is 7.60. The van der Waals surface area contributed by atoms with Crippen LogP contribution >= 0.6 is 15.9 Å². The predicted octanol–water partition coefficient (Wildman–Crippen LogP) is 2.61. The number of halogens is 1. The number of hydrogen-bond acceptors (Lipinski definition) is 1. The number of hydrogen-bond donors (Lipinski definition) is 1. The van der Waals surface area contributed by atoms with E-state index in [1.807, 2.05) is 7.05 Å². The van der Waals surface area contributed by atoms with Crippen LogP contribution in [-0.2, 0) is 6.42 Å². The summed E-state index contributed by atoms with van der Waals surface area (Å²) >= 11 is 3.56. The highest BCUT2D eigenvalue weighted by molar-refractivity contribution is 9.10. The first kappa shape index (κ1) is 8.97. The lowest BCUT2D eigenvalue weighted by Crippen LogP contribution is -2.09. The fourth-order valence-electron chi connectivity index (χ4n) is 1.74. The monoisotopic (exact) mass is 237 g/mol. The summed E-state index contributed by atoms with van der Waals surface area (Å²) in [5.74, 6) is 0. The average Bonchev–Trinajstić information content (AvgIpc) is 2.49. The molecule has 0 bridgehead atoms. The second kappa shape index (κ2) is 3.64. The zero-order valence-corrected chi connectivity index (χ0v) is 9.19. The molecule has 1 aromatic rings. The smallest absolute Gasteiger partial charge is 0.0250 e. The van der Waals surface area contributed by atoms with E-state index in [0.717, 1.165) is 13.0 Å². The molecule has 0 aliphatic heterocycles. The van der Waals surface area contributed by atoms with Crippen molar-refractivity contribution in [3.8, 4) is 0 Å². The van der Waals surface area contributed by atoms with Crippen LogP contribution in [0.1, 0.15) is 11.1 Å². The molecule has 0 saturated heterocycles. The van der Waals surface area contributed by atoms with Gasteiger partial charge in [-0.3, -0.25) is 0 Å². The maximum absolute atomic E-state index is 3.56. The van der Waals surface area contributed by atoms with E-state index in [4.69, 9.17) is 0 Å². The predicted molar refractivity (Wildman–Crippen MR) is 59.7 cm³/mol. The molecule has 0 aromatic heterocycles. The second-order valence-corrected chi connectivity index (χ2v) is 4.18. The molecule has 1 aromatic carbocycles. The Hall–Kier alpha value is -0.600. The van der Waals surface area contributed by atoms with Crippen molar-refractivity contribution in [2.45, 2.75) is 6.42 Å². The lowest BCUT2D eigenvalue weighted by molar-refractivity contribution is 0.866. The minimum Gasteiger partial charge on any atom is -0.316 e. The maximum Gasteiger partial charge on any atom is 0.0250 e. The standard InChI is InChI=1S/C11H12BrN/c1-13-7-8-5-9-3-2-4-11(12)10(9)6-8/h2-4,6,13H,5,7H2,1H3. The van der Waals surface area contributed by atoms with Crippen LogP contribution in [0.3, 0.4) is 0 Å². The van der Waals surface area contributed by atoms with Gasteiger partial charge in [0.15, 0.2) is 0 Å². The van der Waals surface area contributed by atoms with Crippen molar-refractivity contribution in [1.82, 2.24) is 5.32 Å². The molecule has 0 spiro atoms. The normalized spacial score (nSPS) is 14.2. The van der Waals surface area contributed by atoms with Crippen molar-refractivity contribution in [2.24, 2.45) is 0 Å². The summed E-state index contributed by atoms with van der Waals surface area (Å²) < 4.78 is 1.20. The summed E-state index contributed by atoms with van der Waals surface area (Å²) in [5.41, 5.74) is 4.25. The Morgan fingerprint density at radius 3 is 3.00 bits per heavy atom. The molecule has 0 saturated carbocycles. The van der Waals surface area contributed by atoms with Crippen LogP contribution in [0.4, 0.5) is 0 Å². The van der Waals surface area contributed by atoms with Gasteiger partial charge in [0.1, 0.15) is 0 Å². The molecule has 0 amide bonds. The number of rotatable bonds is 2. The quantitative estimate of drug-likeness (QED) is 0.835. The van der Waals surface area contributed by atoms with Crippen LogP contribution < -0.4 is 5.32 Å². The Morgan fingerprint density at radius 2 is 2.31 bits per heavy atom. The second-order valence-electron chi connectivity index (χ2n) is 3.32. The molecule has 13 heavy (non-hydrogen) atoms. The van der Waals surface area contributed by atoms with Crippen LogP contribution in [0.25, 0.3) is 6.08 Å². The SMILES string of the molecule is CNCC1=Cc2c(Br)cccc2C1. The van der Waals surface area contributed by atoms with E-state index >= 15 is 0 Å². The van der Waals surface area contributed by atoms with Crippen molar-refractivity contribution in [3.05, 3.63) is 39.4 Å². The summed E-state index contributed by atoms with van der Waals surface area (Å²) in [4.78, 5) is 0. The molecule has 1 nitrogen and oxygen atoms in total. The van der Waals surface area contributed by atoms with Crippen LogP contribution in [0.5, 0.6) is 0 Å². The van der Waals surface area contributed by atoms with E-state index in [2.05, 4.69) is 45.5 Å². The Morgan fingerprint density at radius 1 is 1.46 bits per heavy atom. The first-order valence-electron chi connectivity index (χ1n) is 4.42. The highest BCUT2D eigenvalue weighted by atomic mass is 79.9. The van der Waals surface area contributed by atoms with Gasteiger partial charge in [-0.25, -0.2) is 0 Å². The topological polar surface area (TPSA) is 12.0 Å². The third kappa shape index (κ3) is 1.69. The van der Waals surface area contributed by atoms with Crippen LogP contribution in [0.15, 0.2) is 28.2 Å². The van der Waals surface area contributed by atoms with Gasteiger partial charge >= 0.3 is 0 Å². The van der Waals surface area contributed by atoms with Crippen molar-refractivity contribution in [3.63, 3.8) is 0 Å². The first-order valence-corrected chi connectivity index (χ1v) is 5.22. The van der Waals surface area contributed by atoms with E-state index < -0.39 is 0 Å². The molecular formula is C11H12BrN. The first-order chi connectivity index (χ1) is 6.31. The van der Waals surface area contributed by atoms with Crippen molar-refractivity contribution in [2.75, 3.05) is 13.6 Å². The Labute approximate surface area is 87.0 Å². The fraction of sp³-hybridized carbons (Fsp3) is 0.273. The van der Waals surface area contributed by atoms with Gasteiger partial charge in [-0.15, -0.1) is 0 Å². The number of likely N-dealkylation sites (N-methyl/N-ethyl adjacent to an activating group) is 1. The van der Waals surface area contributed by atoms with E-state index in [1.165, 1.54) is 21.2 Å². The molecule has 0 fully saturated rings. The number of nitrogens with one attached hydrogen (secondary N) is 1. The lowest BCUT2D eigenvalue weighted by atomic mass is 10.1. The maximum atomic E-state index is 3.56. The van der Waals surface area contributed by atoms with E-state index in [-0.39, 0.29) is 0 Å². The fourth-order valence-corrected chi connectivity index (χ4v) is 2.26. The summed E-state index contributed by atoms with van der Waals surface area (Å²) in [6.45, 7) is 0.987. The molecule has 0 atom stereocenters. The molecule has 0 heterocycles. The summed E-state index contributed by atoms with van der Waals surface area (Å²) in [7, 11) is 1.98. The molecule has 0 unspecified atom stereocenters. The van der Waals surface area contributed by atoms with Gasteiger partial charge in [-0.05, 0) is 30.7 Å². The largest absolute Gasteiger partial charge is 0.316 e. The van der Waals surface area contributed by atoms with Gasteiger partial charge in [0.25, 0.3) is 0 Å². The molecule has 1 aliphatic carbocycles. The average molecular weight is 238 g/mol. The highest BCUT2D eigenvalue weighted by Gasteiger charge is 2.13. The molecule has 2 heteroatoms. The molecule has 68 valence electrons. The van der Waals surface area contributed by atoms with Crippen LogP contribution in [-0.4, -0.2) is 13.6 Å². The Balaban J connectivity index is 2.32. The van der Waals surface area contributed by atoms with Crippen molar-refractivity contribution in [1.29, 1.82) is 0 Å². The zero-order chi connectivity index (χ0) is 9.26. The van der Waals surface area contributed by atoms with Gasteiger partial charge in [0, 0.05) is 11.0 Å². The summed E-state index contributed by atoms with van der Waals surface area (Å²) in [6.07, 6.45) is 3.37.